The lowest BCUT2D eigenvalue weighted by atomic mass is 9.99. The Morgan fingerprint density at radius 1 is 1.46 bits per heavy atom. The second kappa shape index (κ2) is 3.13. The maximum atomic E-state index is 5.15. The first-order valence-electron chi connectivity index (χ1n) is 4.41. The van der Waals surface area contributed by atoms with Crippen LogP contribution in [-0.2, 0) is 0 Å². The first-order chi connectivity index (χ1) is 6.31. The van der Waals surface area contributed by atoms with E-state index in [9.17, 15) is 0 Å². The van der Waals surface area contributed by atoms with Crippen molar-refractivity contribution in [1.82, 2.24) is 0 Å². The molecule has 1 aromatic carbocycles. The minimum atomic E-state index is 0.890. The highest BCUT2D eigenvalue weighted by atomic mass is 16.5. The van der Waals surface area contributed by atoms with E-state index in [4.69, 9.17) is 4.74 Å². The van der Waals surface area contributed by atoms with Crippen LogP contribution in [0.5, 0.6) is 5.75 Å². The summed E-state index contributed by atoms with van der Waals surface area (Å²) in [7, 11) is 1.68. The summed E-state index contributed by atoms with van der Waals surface area (Å²) < 4.78 is 5.15. The number of anilines is 1. The highest BCUT2D eigenvalue weighted by Crippen LogP contribution is 2.32. The number of hydrogen-bond acceptors (Lipinski definition) is 2. The van der Waals surface area contributed by atoms with Crippen LogP contribution in [0.4, 0.5) is 5.69 Å². The predicted octanol–water partition coefficient (Wildman–Crippen LogP) is 2.52. The predicted molar refractivity (Wildman–Crippen MR) is 55.1 cm³/mol. The van der Waals surface area contributed by atoms with Crippen molar-refractivity contribution in [1.29, 1.82) is 0 Å². The summed E-state index contributed by atoms with van der Waals surface area (Å²) >= 11 is 0. The van der Waals surface area contributed by atoms with E-state index in [0.717, 1.165) is 24.4 Å². The van der Waals surface area contributed by atoms with Crippen LogP contribution in [0.25, 0.3) is 5.57 Å². The van der Waals surface area contributed by atoms with E-state index >= 15 is 0 Å². The summed E-state index contributed by atoms with van der Waals surface area (Å²) in [4.78, 5) is 0. The third kappa shape index (κ3) is 1.39. The normalized spacial score (nSPS) is 14.7. The van der Waals surface area contributed by atoms with Gasteiger partial charge in [-0.2, -0.15) is 0 Å². The molecule has 1 N–H and O–H groups in total. The Balaban J connectivity index is 2.45. The van der Waals surface area contributed by atoms with Crippen LogP contribution in [0.3, 0.4) is 0 Å². The van der Waals surface area contributed by atoms with Crippen LogP contribution < -0.4 is 10.1 Å². The molecule has 0 radical (unpaired) electrons. The van der Waals surface area contributed by atoms with Gasteiger partial charge in [-0.25, -0.2) is 0 Å². The molecule has 68 valence electrons. The summed E-state index contributed by atoms with van der Waals surface area (Å²) in [6, 6.07) is 6.04. The Hall–Kier alpha value is -1.44. The third-order valence-electron chi connectivity index (χ3n) is 2.35. The number of nitrogens with one attached hydrogen (secondary N) is 1. The molecule has 1 aliphatic rings. The van der Waals surface area contributed by atoms with E-state index in [-0.39, 0.29) is 0 Å². The van der Waals surface area contributed by atoms with E-state index in [2.05, 4.69) is 18.0 Å². The van der Waals surface area contributed by atoms with E-state index in [1.807, 2.05) is 12.1 Å². The summed E-state index contributed by atoms with van der Waals surface area (Å²) in [5.41, 5.74) is 3.55. The van der Waals surface area contributed by atoms with Gasteiger partial charge in [-0.1, -0.05) is 6.58 Å². The molecule has 0 unspecified atom stereocenters. The van der Waals surface area contributed by atoms with Gasteiger partial charge in [-0.05, 0) is 24.1 Å². The number of ether oxygens (including phenoxy) is 1. The van der Waals surface area contributed by atoms with Gasteiger partial charge in [0.15, 0.2) is 0 Å². The quantitative estimate of drug-likeness (QED) is 0.708. The molecule has 0 saturated carbocycles. The number of rotatable bonds is 1. The van der Waals surface area contributed by atoms with E-state index in [0.29, 0.717) is 0 Å². The summed E-state index contributed by atoms with van der Waals surface area (Å²) in [5, 5.41) is 3.33. The average Bonchev–Trinajstić information content (AvgIpc) is 2.18. The summed E-state index contributed by atoms with van der Waals surface area (Å²) in [6.07, 6.45) is 1.03. The third-order valence-corrected chi connectivity index (χ3v) is 2.35. The Kier molecular flexibility index (Phi) is 1.97. The molecular weight excluding hydrogens is 162 g/mol. The Bertz CT molecular complexity index is 344. The SMILES string of the molecule is C=C1CCNc2cc(OC)ccc21. The largest absolute Gasteiger partial charge is 0.497 e. The first kappa shape index (κ1) is 8.17. The Labute approximate surface area is 78.2 Å². The minimum Gasteiger partial charge on any atom is -0.497 e. The topological polar surface area (TPSA) is 21.3 Å². The van der Waals surface area contributed by atoms with Crippen LogP contribution in [0.2, 0.25) is 0 Å². The molecule has 1 aliphatic heterocycles. The van der Waals surface area contributed by atoms with E-state index in [1.54, 1.807) is 7.11 Å². The monoisotopic (exact) mass is 175 g/mol. The molecule has 13 heavy (non-hydrogen) atoms. The van der Waals surface area contributed by atoms with Gasteiger partial charge in [0, 0.05) is 23.9 Å². The molecule has 0 aliphatic carbocycles. The fourth-order valence-corrected chi connectivity index (χ4v) is 1.59. The highest BCUT2D eigenvalue weighted by molar-refractivity contribution is 5.78. The molecule has 0 amide bonds. The fourth-order valence-electron chi connectivity index (χ4n) is 1.59. The lowest BCUT2D eigenvalue weighted by Gasteiger charge is -2.20. The number of fused-ring (bicyclic) bond motifs is 1. The highest BCUT2D eigenvalue weighted by Gasteiger charge is 2.11. The lowest BCUT2D eigenvalue weighted by Crippen LogP contribution is -2.10. The van der Waals surface area contributed by atoms with Gasteiger partial charge in [0.05, 0.1) is 7.11 Å². The second-order valence-electron chi connectivity index (χ2n) is 3.19. The van der Waals surface area contributed by atoms with Crippen LogP contribution in [-0.4, -0.2) is 13.7 Å². The molecule has 2 rings (SSSR count). The smallest absolute Gasteiger partial charge is 0.120 e. The average molecular weight is 175 g/mol. The van der Waals surface area contributed by atoms with Crippen molar-refractivity contribution in [2.24, 2.45) is 0 Å². The zero-order valence-corrected chi connectivity index (χ0v) is 7.76. The zero-order chi connectivity index (χ0) is 9.26. The fraction of sp³-hybridized carbons (Fsp3) is 0.273. The van der Waals surface area contributed by atoms with Crippen LogP contribution >= 0.6 is 0 Å². The number of methoxy groups -OCH3 is 1. The van der Waals surface area contributed by atoms with Crippen LogP contribution in [0.15, 0.2) is 24.8 Å². The van der Waals surface area contributed by atoms with Gasteiger partial charge < -0.3 is 10.1 Å². The van der Waals surface area contributed by atoms with Crippen LogP contribution in [0, 0.1) is 0 Å². The van der Waals surface area contributed by atoms with E-state index < -0.39 is 0 Å². The molecule has 0 fully saturated rings. The van der Waals surface area contributed by atoms with Gasteiger partial charge in [-0.15, -0.1) is 0 Å². The van der Waals surface area contributed by atoms with Crippen molar-refractivity contribution in [2.75, 3.05) is 19.0 Å². The van der Waals surface area contributed by atoms with Gasteiger partial charge >= 0.3 is 0 Å². The van der Waals surface area contributed by atoms with Gasteiger partial charge in [0.25, 0.3) is 0 Å². The molecule has 0 saturated heterocycles. The zero-order valence-electron chi connectivity index (χ0n) is 7.76. The standard InChI is InChI=1S/C11H13NO/c1-8-5-6-12-11-7-9(13-2)3-4-10(8)11/h3-4,7,12H,1,5-6H2,2H3. The molecule has 0 aromatic heterocycles. The molecule has 2 heteroatoms. The molecule has 1 heterocycles. The molecule has 0 bridgehead atoms. The van der Waals surface area contributed by atoms with Gasteiger partial charge in [-0.3, -0.25) is 0 Å². The molecular formula is C11H13NO. The van der Waals surface area contributed by atoms with Crippen molar-refractivity contribution in [3.05, 3.63) is 30.3 Å². The van der Waals surface area contributed by atoms with Gasteiger partial charge in [0.1, 0.15) is 5.75 Å². The molecule has 0 atom stereocenters. The summed E-state index contributed by atoms with van der Waals surface area (Å²) in [6.45, 7) is 5.00. The number of hydrogen-bond donors (Lipinski definition) is 1. The Morgan fingerprint density at radius 2 is 2.31 bits per heavy atom. The maximum absolute atomic E-state index is 5.15. The first-order valence-corrected chi connectivity index (χ1v) is 4.41. The lowest BCUT2D eigenvalue weighted by molar-refractivity contribution is 0.415. The summed E-state index contributed by atoms with van der Waals surface area (Å²) in [5.74, 6) is 0.890. The van der Waals surface area contributed by atoms with Crippen molar-refractivity contribution < 1.29 is 4.74 Å². The number of benzene rings is 1. The van der Waals surface area contributed by atoms with Crippen molar-refractivity contribution in [3.8, 4) is 5.75 Å². The Morgan fingerprint density at radius 3 is 3.08 bits per heavy atom. The molecule has 2 nitrogen and oxygen atoms in total. The van der Waals surface area contributed by atoms with Gasteiger partial charge in [0.2, 0.25) is 0 Å². The molecule has 1 aromatic rings. The van der Waals surface area contributed by atoms with E-state index in [1.165, 1.54) is 11.1 Å². The molecule has 0 spiro atoms. The van der Waals surface area contributed by atoms with Crippen LogP contribution in [0.1, 0.15) is 12.0 Å². The van der Waals surface area contributed by atoms with Crippen molar-refractivity contribution in [2.45, 2.75) is 6.42 Å². The second-order valence-corrected chi connectivity index (χ2v) is 3.19. The maximum Gasteiger partial charge on any atom is 0.120 e. The van der Waals surface area contributed by atoms with Crippen molar-refractivity contribution >= 4 is 11.3 Å². The van der Waals surface area contributed by atoms with Crippen molar-refractivity contribution in [3.63, 3.8) is 0 Å². The minimum absolute atomic E-state index is 0.890.